The maximum absolute atomic E-state index is 5.10. The smallest absolute Gasteiger partial charge is 0.129 e. The van der Waals surface area contributed by atoms with E-state index >= 15 is 0 Å². The Labute approximate surface area is 220 Å². The van der Waals surface area contributed by atoms with Gasteiger partial charge in [-0.3, -0.25) is 4.98 Å². The third kappa shape index (κ3) is 5.94. The molecule has 186 valence electrons. The molecule has 0 saturated carbocycles. The van der Waals surface area contributed by atoms with E-state index in [1.165, 1.54) is 22.3 Å². The predicted octanol–water partition coefficient (Wildman–Crippen LogP) is 8.66. The number of benzene rings is 3. The van der Waals surface area contributed by atoms with Crippen molar-refractivity contribution in [1.82, 2.24) is 15.0 Å². The first-order chi connectivity index (χ1) is 18.0. The molecule has 0 atom stereocenters. The van der Waals surface area contributed by atoms with Crippen LogP contribution in [0.5, 0.6) is 0 Å². The lowest BCUT2D eigenvalue weighted by Gasteiger charge is -2.13. The Bertz CT molecular complexity index is 1500. The molecule has 0 amide bonds. The summed E-state index contributed by atoms with van der Waals surface area (Å²) in [7, 11) is 0. The quantitative estimate of drug-likeness (QED) is 0.206. The summed E-state index contributed by atoms with van der Waals surface area (Å²) in [4.78, 5) is 15.0. The van der Waals surface area contributed by atoms with E-state index in [2.05, 4.69) is 107 Å². The van der Waals surface area contributed by atoms with E-state index in [-0.39, 0.29) is 0 Å². The molecule has 0 spiro atoms. The maximum atomic E-state index is 5.10. The second-order valence-electron chi connectivity index (χ2n) is 10.4. The Morgan fingerprint density at radius 1 is 0.649 bits per heavy atom. The summed E-state index contributed by atoms with van der Waals surface area (Å²) in [6, 6.07) is 30.1. The summed E-state index contributed by atoms with van der Waals surface area (Å²) >= 11 is 0. The molecule has 0 N–H and O–H groups in total. The molecule has 3 aromatic carbocycles. The minimum absolute atomic E-state index is 0.464. The minimum atomic E-state index is 0.464. The molecule has 0 aliphatic rings. The summed E-state index contributed by atoms with van der Waals surface area (Å²) < 4.78 is 0. The van der Waals surface area contributed by atoms with Crippen LogP contribution in [0.25, 0.3) is 33.4 Å². The summed E-state index contributed by atoms with van der Waals surface area (Å²) in [5.74, 6) is 1.39. The highest BCUT2D eigenvalue weighted by Gasteiger charge is 2.13. The van der Waals surface area contributed by atoms with Crippen molar-refractivity contribution in [3.05, 3.63) is 113 Å². The lowest BCUT2D eigenvalue weighted by atomic mass is 9.98. The van der Waals surface area contributed by atoms with Gasteiger partial charge in [-0.2, -0.15) is 0 Å². The van der Waals surface area contributed by atoms with Crippen LogP contribution < -0.4 is 0 Å². The van der Waals surface area contributed by atoms with E-state index in [4.69, 9.17) is 15.0 Å². The molecule has 3 heteroatoms. The highest BCUT2D eigenvalue weighted by Crippen LogP contribution is 2.30. The van der Waals surface area contributed by atoms with Crippen LogP contribution >= 0.6 is 0 Å². The van der Waals surface area contributed by atoms with Crippen molar-refractivity contribution in [2.75, 3.05) is 0 Å². The van der Waals surface area contributed by atoms with Crippen molar-refractivity contribution in [2.24, 2.45) is 0 Å². The average molecular weight is 486 g/mol. The highest BCUT2D eigenvalue weighted by atomic mass is 14.9. The number of aromatic nitrogens is 3. The molecule has 0 aliphatic heterocycles. The molecule has 37 heavy (non-hydrogen) atoms. The van der Waals surface area contributed by atoms with E-state index < -0.39 is 0 Å². The van der Waals surface area contributed by atoms with Gasteiger partial charge in [0.15, 0.2) is 0 Å². The standard InChI is InChI=1S/C34H35N3/c1-23(2)27-17-18-30-32(22-27)36-33(37-34(30)28-20-24(3)19-25(4)21-28)16-9-8-13-29-14-10-15-31(35-29)26-11-6-5-7-12-26/h5-7,10-12,14-15,17-23H,8-9,13,16H2,1-4H3. The van der Waals surface area contributed by atoms with Crippen molar-refractivity contribution in [1.29, 1.82) is 0 Å². The number of fused-ring (bicyclic) bond motifs is 1. The molecule has 2 heterocycles. The Morgan fingerprint density at radius 3 is 2.16 bits per heavy atom. The molecule has 5 rings (SSSR count). The van der Waals surface area contributed by atoms with E-state index in [0.29, 0.717) is 5.92 Å². The normalized spacial score (nSPS) is 11.4. The van der Waals surface area contributed by atoms with Crippen LogP contribution in [0.15, 0.2) is 84.9 Å². The molecule has 0 fully saturated rings. The third-order valence-corrected chi connectivity index (χ3v) is 6.89. The third-order valence-electron chi connectivity index (χ3n) is 6.89. The second-order valence-corrected chi connectivity index (χ2v) is 10.4. The summed E-state index contributed by atoms with van der Waals surface area (Å²) in [6.45, 7) is 8.76. The molecule has 0 aliphatic carbocycles. The fourth-order valence-corrected chi connectivity index (χ4v) is 4.97. The molecule has 0 radical (unpaired) electrons. The molecule has 3 nitrogen and oxygen atoms in total. The summed E-state index contributed by atoms with van der Waals surface area (Å²) in [5.41, 5.74) is 10.4. The largest absolute Gasteiger partial charge is 0.253 e. The molecule has 0 unspecified atom stereocenters. The molecule has 2 aromatic heterocycles. The van der Waals surface area contributed by atoms with Crippen LogP contribution in [-0.4, -0.2) is 15.0 Å². The number of hydrogen-bond acceptors (Lipinski definition) is 3. The van der Waals surface area contributed by atoms with Crippen LogP contribution in [-0.2, 0) is 12.8 Å². The zero-order valence-corrected chi connectivity index (χ0v) is 22.3. The Morgan fingerprint density at radius 2 is 1.41 bits per heavy atom. The molecular formula is C34H35N3. The summed E-state index contributed by atoms with van der Waals surface area (Å²) in [5, 5.41) is 1.13. The SMILES string of the molecule is Cc1cc(C)cc(-c2nc(CCCCc3cccc(-c4ccccc4)n3)nc3cc(C(C)C)ccc23)c1. The van der Waals surface area contributed by atoms with Crippen molar-refractivity contribution in [3.8, 4) is 22.5 Å². The number of rotatable bonds is 8. The van der Waals surface area contributed by atoms with Gasteiger partial charge in [-0.05, 0) is 74.9 Å². The van der Waals surface area contributed by atoms with Crippen LogP contribution in [0.3, 0.4) is 0 Å². The first-order valence-corrected chi connectivity index (χ1v) is 13.4. The van der Waals surface area contributed by atoms with Gasteiger partial charge in [0.2, 0.25) is 0 Å². The van der Waals surface area contributed by atoms with E-state index in [1.807, 2.05) is 6.07 Å². The molecular weight excluding hydrogens is 450 g/mol. The van der Waals surface area contributed by atoms with Crippen molar-refractivity contribution >= 4 is 10.9 Å². The van der Waals surface area contributed by atoms with Gasteiger partial charge in [0.1, 0.15) is 5.82 Å². The maximum Gasteiger partial charge on any atom is 0.129 e. The molecule has 0 saturated heterocycles. The Hall–Kier alpha value is -3.85. The number of unbranched alkanes of at least 4 members (excludes halogenated alkanes) is 1. The van der Waals surface area contributed by atoms with E-state index in [1.54, 1.807) is 0 Å². The van der Waals surface area contributed by atoms with Crippen LogP contribution in [0.2, 0.25) is 0 Å². The van der Waals surface area contributed by atoms with Crippen molar-refractivity contribution < 1.29 is 0 Å². The minimum Gasteiger partial charge on any atom is -0.253 e. The van der Waals surface area contributed by atoms with Gasteiger partial charge in [-0.1, -0.05) is 79.6 Å². The molecule has 5 aromatic rings. The zero-order valence-electron chi connectivity index (χ0n) is 22.3. The highest BCUT2D eigenvalue weighted by molar-refractivity contribution is 5.93. The number of pyridine rings is 1. The van der Waals surface area contributed by atoms with Gasteiger partial charge in [-0.15, -0.1) is 0 Å². The number of aryl methyl sites for hydroxylation is 4. The topological polar surface area (TPSA) is 38.7 Å². The number of nitrogens with zero attached hydrogens (tertiary/aromatic N) is 3. The van der Waals surface area contributed by atoms with E-state index in [9.17, 15) is 0 Å². The van der Waals surface area contributed by atoms with Gasteiger partial charge in [0, 0.05) is 28.6 Å². The monoisotopic (exact) mass is 485 g/mol. The van der Waals surface area contributed by atoms with E-state index in [0.717, 1.165) is 65.1 Å². The zero-order chi connectivity index (χ0) is 25.8. The van der Waals surface area contributed by atoms with Crippen LogP contribution in [0.4, 0.5) is 0 Å². The van der Waals surface area contributed by atoms with Crippen molar-refractivity contribution in [3.63, 3.8) is 0 Å². The van der Waals surface area contributed by atoms with Crippen molar-refractivity contribution in [2.45, 2.75) is 59.3 Å². The lowest BCUT2D eigenvalue weighted by molar-refractivity contribution is 0.701. The van der Waals surface area contributed by atoms with Crippen LogP contribution in [0, 0.1) is 13.8 Å². The Balaban J connectivity index is 1.36. The predicted molar refractivity (Wildman–Crippen MR) is 155 cm³/mol. The van der Waals surface area contributed by atoms with Gasteiger partial charge in [0.25, 0.3) is 0 Å². The second kappa shape index (κ2) is 11.0. The van der Waals surface area contributed by atoms with Crippen LogP contribution in [0.1, 0.15) is 60.8 Å². The lowest BCUT2D eigenvalue weighted by Crippen LogP contribution is -2.01. The van der Waals surface area contributed by atoms with Gasteiger partial charge in [0.05, 0.1) is 16.9 Å². The molecule has 0 bridgehead atoms. The summed E-state index contributed by atoms with van der Waals surface area (Å²) in [6.07, 6.45) is 3.89. The number of hydrogen-bond donors (Lipinski definition) is 0. The fraction of sp³-hybridized carbons (Fsp3) is 0.265. The van der Waals surface area contributed by atoms with Gasteiger partial charge < -0.3 is 0 Å². The first kappa shape index (κ1) is 24.8. The average Bonchev–Trinajstić information content (AvgIpc) is 2.90. The van der Waals surface area contributed by atoms with Gasteiger partial charge in [-0.25, -0.2) is 9.97 Å². The van der Waals surface area contributed by atoms with Gasteiger partial charge >= 0.3 is 0 Å². The Kier molecular flexibility index (Phi) is 7.41. The first-order valence-electron chi connectivity index (χ1n) is 13.4. The fourth-order valence-electron chi connectivity index (χ4n) is 4.97.